The van der Waals surface area contributed by atoms with Crippen molar-refractivity contribution in [3.63, 3.8) is 0 Å². The van der Waals surface area contributed by atoms with Gasteiger partial charge >= 0.3 is 0 Å². The Morgan fingerprint density at radius 3 is 2.26 bits per heavy atom. The molecular weight excluding hydrogens is 522 g/mol. The molecule has 0 bridgehead atoms. The van der Waals surface area contributed by atoms with Crippen LogP contribution in [0.4, 0.5) is 8.78 Å². The zero-order valence-corrected chi connectivity index (χ0v) is 20.0. The molecule has 9 nitrogen and oxygen atoms in total. The van der Waals surface area contributed by atoms with Crippen LogP contribution in [-0.4, -0.2) is 67.8 Å². The van der Waals surface area contributed by atoms with Crippen LogP contribution < -0.4 is 5.32 Å². The first kappa shape index (κ1) is 23.6. The van der Waals surface area contributed by atoms with Crippen molar-refractivity contribution in [2.75, 3.05) is 6.61 Å². The van der Waals surface area contributed by atoms with Crippen molar-refractivity contribution in [3.8, 4) is 0 Å². The second kappa shape index (κ2) is 7.99. The highest BCUT2D eigenvalue weighted by Gasteiger charge is 2.46. The number of thiophene rings is 1. The highest BCUT2D eigenvalue weighted by molar-refractivity contribution is 7.26. The molecule has 0 saturated carbocycles. The highest BCUT2D eigenvalue weighted by atomic mass is 32.1. The molecule has 0 aliphatic carbocycles. The van der Waals surface area contributed by atoms with E-state index in [0.717, 1.165) is 0 Å². The second-order valence-corrected chi connectivity index (χ2v) is 10.5. The van der Waals surface area contributed by atoms with E-state index < -0.39 is 60.7 Å². The van der Waals surface area contributed by atoms with E-state index in [1.54, 1.807) is 6.07 Å². The summed E-state index contributed by atoms with van der Waals surface area (Å²) in [5.74, 6) is -2.56. The van der Waals surface area contributed by atoms with Crippen LogP contribution >= 0.6 is 11.3 Å². The van der Waals surface area contributed by atoms with Crippen LogP contribution in [0.15, 0.2) is 36.4 Å². The number of nitrogens with one attached hydrogen (secondary N) is 1. The monoisotopic (exact) mass is 540 g/mol. The van der Waals surface area contributed by atoms with Gasteiger partial charge in [0.2, 0.25) is 0 Å². The van der Waals surface area contributed by atoms with Gasteiger partial charge in [-0.05, 0) is 36.4 Å². The van der Waals surface area contributed by atoms with Gasteiger partial charge in [-0.3, -0.25) is 14.9 Å². The SMILES string of the molecule is O=C1NC(=O)c2c1c1c3cc(F)ccc3sc1c1c2c2cc(F)ccc2n1[C@@H]1O[C@H](CO)[C@@H](O)[C@H](O)[C@H]1O. The van der Waals surface area contributed by atoms with Gasteiger partial charge in [0.1, 0.15) is 36.1 Å². The summed E-state index contributed by atoms with van der Waals surface area (Å²) in [5.41, 5.74) is 0.596. The molecule has 5 aromatic rings. The van der Waals surface area contributed by atoms with Crippen LogP contribution in [0.25, 0.3) is 42.0 Å². The van der Waals surface area contributed by atoms with Crippen LogP contribution in [0.2, 0.25) is 0 Å². The van der Waals surface area contributed by atoms with Crippen LogP contribution in [0.3, 0.4) is 0 Å². The summed E-state index contributed by atoms with van der Waals surface area (Å²) >= 11 is 1.20. The number of ether oxygens (including phenoxy) is 1. The van der Waals surface area contributed by atoms with Gasteiger partial charge in [0.25, 0.3) is 11.8 Å². The summed E-state index contributed by atoms with van der Waals surface area (Å²) in [6.07, 6.45) is -7.64. The minimum Gasteiger partial charge on any atom is -0.394 e. The molecule has 0 unspecified atom stereocenters. The van der Waals surface area contributed by atoms with Crippen molar-refractivity contribution >= 4 is 65.1 Å². The first-order valence-electron chi connectivity index (χ1n) is 11.7. The summed E-state index contributed by atoms with van der Waals surface area (Å²) in [6, 6.07) is 7.84. The van der Waals surface area contributed by atoms with Crippen molar-refractivity contribution in [1.82, 2.24) is 9.88 Å². The van der Waals surface area contributed by atoms with Gasteiger partial charge in [-0.25, -0.2) is 8.78 Å². The zero-order valence-electron chi connectivity index (χ0n) is 19.2. The molecule has 12 heteroatoms. The number of amides is 2. The topological polar surface area (TPSA) is 141 Å². The fourth-order valence-electron chi connectivity index (χ4n) is 5.74. The minimum atomic E-state index is -1.70. The molecular formula is C26H18F2N2O7S. The molecule has 2 aromatic heterocycles. The fourth-order valence-corrected chi connectivity index (χ4v) is 6.98. The molecule has 0 radical (unpaired) electrons. The number of aromatic nitrogens is 1. The lowest BCUT2D eigenvalue weighted by molar-refractivity contribution is -0.249. The number of carbonyl (C=O) groups excluding carboxylic acids is 2. The van der Waals surface area contributed by atoms with Gasteiger partial charge in [-0.1, -0.05) is 0 Å². The van der Waals surface area contributed by atoms with Gasteiger partial charge in [0.05, 0.1) is 33.5 Å². The lowest BCUT2D eigenvalue weighted by Gasteiger charge is -2.41. The highest BCUT2D eigenvalue weighted by Crippen LogP contribution is 2.49. The van der Waals surface area contributed by atoms with E-state index >= 15 is 0 Å². The van der Waals surface area contributed by atoms with E-state index in [1.165, 1.54) is 46.2 Å². The molecule has 5 atom stereocenters. The predicted octanol–water partition coefficient (Wildman–Crippen LogP) is 2.30. The minimum absolute atomic E-state index is 0.0274. The number of aliphatic hydroxyl groups is 4. The Morgan fingerprint density at radius 2 is 1.55 bits per heavy atom. The van der Waals surface area contributed by atoms with Gasteiger partial charge in [-0.15, -0.1) is 11.3 Å². The van der Waals surface area contributed by atoms with E-state index in [4.69, 9.17) is 4.74 Å². The number of benzene rings is 3. The van der Waals surface area contributed by atoms with Crippen LogP contribution in [0.1, 0.15) is 26.9 Å². The molecule has 2 aliphatic rings. The van der Waals surface area contributed by atoms with E-state index in [0.29, 0.717) is 25.7 Å². The molecule has 0 spiro atoms. The third-order valence-corrected chi connectivity index (χ3v) is 8.56. The summed E-state index contributed by atoms with van der Waals surface area (Å²) in [4.78, 5) is 26.2. The van der Waals surface area contributed by atoms with Crippen molar-refractivity contribution < 1.29 is 43.5 Å². The molecule has 4 heterocycles. The average molecular weight is 541 g/mol. The number of carbonyl (C=O) groups is 2. The number of hydrogen-bond donors (Lipinski definition) is 5. The van der Waals surface area contributed by atoms with Gasteiger partial charge in [-0.2, -0.15) is 0 Å². The van der Waals surface area contributed by atoms with Crippen LogP contribution in [0.5, 0.6) is 0 Å². The number of fused-ring (bicyclic) bond motifs is 10. The predicted molar refractivity (Wildman–Crippen MR) is 133 cm³/mol. The third-order valence-electron chi connectivity index (χ3n) is 7.38. The molecule has 2 aliphatic heterocycles. The Kier molecular flexibility index (Phi) is 4.96. The largest absolute Gasteiger partial charge is 0.394 e. The Morgan fingerprint density at radius 1 is 0.895 bits per heavy atom. The second-order valence-electron chi connectivity index (χ2n) is 9.45. The lowest BCUT2D eigenvalue weighted by Crippen LogP contribution is -2.56. The maximum absolute atomic E-state index is 14.6. The molecule has 1 fully saturated rings. The maximum atomic E-state index is 14.6. The third kappa shape index (κ3) is 2.95. The molecule has 38 heavy (non-hydrogen) atoms. The first-order chi connectivity index (χ1) is 18.2. The summed E-state index contributed by atoms with van der Waals surface area (Å²) in [5, 5.41) is 45.1. The summed E-state index contributed by atoms with van der Waals surface area (Å²) < 4.78 is 37.3. The summed E-state index contributed by atoms with van der Waals surface area (Å²) in [7, 11) is 0. The number of halogens is 2. The zero-order chi connectivity index (χ0) is 26.6. The van der Waals surface area contributed by atoms with E-state index in [9.17, 15) is 38.8 Å². The van der Waals surface area contributed by atoms with Gasteiger partial charge in [0.15, 0.2) is 6.23 Å². The summed E-state index contributed by atoms with van der Waals surface area (Å²) in [6.45, 7) is -0.670. The Balaban J connectivity index is 1.72. The molecule has 2 amide bonds. The maximum Gasteiger partial charge on any atom is 0.259 e. The molecule has 7 rings (SSSR count). The Labute approximate surface area is 215 Å². The van der Waals surface area contributed by atoms with Crippen molar-refractivity contribution in [1.29, 1.82) is 0 Å². The quantitative estimate of drug-likeness (QED) is 0.216. The fraction of sp³-hybridized carbons (Fsp3) is 0.231. The smallest absolute Gasteiger partial charge is 0.259 e. The van der Waals surface area contributed by atoms with Crippen molar-refractivity contribution in [2.45, 2.75) is 30.6 Å². The number of imide groups is 1. The Bertz CT molecular complexity index is 1860. The Hall–Kier alpha value is -3.52. The van der Waals surface area contributed by atoms with E-state index in [2.05, 4.69) is 5.32 Å². The standard InChI is InChI=1S/C26H18F2N2O7S/c27-8-1-3-12-10(5-8)15-17-18(25(36)29-24(17)35)16-11-6-9(28)2-4-14(11)38-23(16)19(15)30(12)26-22(34)21(33)20(32)13(7-31)37-26/h1-6,13,20-22,26,31-34H,7H2,(H,29,35,36)/t13-,20-,21+,22-,26-/m1/s1. The number of rotatable bonds is 2. The van der Waals surface area contributed by atoms with Gasteiger partial charge in [0, 0.05) is 26.2 Å². The first-order valence-corrected chi connectivity index (χ1v) is 12.5. The molecule has 1 saturated heterocycles. The normalized spacial score (nSPS) is 25.7. The van der Waals surface area contributed by atoms with Crippen molar-refractivity contribution in [3.05, 3.63) is 59.2 Å². The molecule has 5 N–H and O–H groups in total. The molecule has 194 valence electrons. The lowest BCUT2D eigenvalue weighted by atomic mass is 9.96. The van der Waals surface area contributed by atoms with Crippen LogP contribution in [0, 0.1) is 11.6 Å². The van der Waals surface area contributed by atoms with E-state index in [-0.39, 0.29) is 27.4 Å². The number of aliphatic hydroxyl groups excluding tert-OH is 4. The van der Waals surface area contributed by atoms with E-state index in [1.807, 2.05) is 0 Å². The number of hydrogen-bond acceptors (Lipinski definition) is 8. The molecule has 3 aromatic carbocycles. The van der Waals surface area contributed by atoms with Crippen LogP contribution in [-0.2, 0) is 4.74 Å². The average Bonchev–Trinajstić information content (AvgIpc) is 3.51. The van der Waals surface area contributed by atoms with Crippen molar-refractivity contribution in [2.24, 2.45) is 0 Å². The van der Waals surface area contributed by atoms with Gasteiger partial charge < -0.3 is 29.7 Å². The number of nitrogens with zero attached hydrogens (tertiary/aromatic N) is 1.